The highest BCUT2D eigenvalue weighted by Crippen LogP contribution is 2.19. The summed E-state index contributed by atoms with van der Waals surface area (Å²) >= 11 is 0. The molecule has 15 heavy (non-hydrogen) atoms. The zero-order valence-electron chi connectivity index (χ0n) is 8.98. The summed E-state index contributed by atoms with van der Waals surface area (Å²) in [4.78, 5) is 24.1. The van der Waals surface area contributed by atoms with Gasteiger partial charge >= 0.3 is 5.97 Å². The summed E-state index contributed by atoms with van der Waals surface area (Å²) in [6.07, 6.45) is 1.69. The van der Waals surface area contributed by atoms with E-state index in [1.807, 2.05) is 6.92 Å². The Balaban J connectivity index is 2.55. The Labute approximate surface area is 89.2 Å². The van der Waals surface area contributed by atoms with Crippen molar-refractivity contribution in [3.05, 3.63) is 0 Å². The molecule has 1 amide bonds. The number of amides is 1. The van der Waals surface area contributed by atoms with E-state index in [1.165, 1.54) is 4.90 Å². The lowest BCUT2D eigenvalue weighted by Gasteiger charge is -2.22. The predicted octanol–water partition coefficient (Wildman–Crippen LogP) is 0.0469. The van der Waals surface area contributed by atoms with E-state index in [0.29, 0.717) is 25.9 Å². The van der Waals surface area contributed by atoms with Crippen LogP contribution in [0.3, 0.4) is 0 Å². The number of carbonyl (C=O) groups excluding carboxylic acids is 1. The van der Waals surface area contributed by atoms with E-state index < -0.39 is 12.0 Å². The quantitative estimate of drug-likeness (QED) is 0.692. The number of hydrogen-bond donors (Lipinski definition) is 2. The number of carbonyl (C=O) groups is 2. The average molecular weight is 214 g/mol. The monoisotopic (exact) mass is 214 g/mol. The highest BCUT2D eigenvalue weighted by molar-refractivity contribution is 5.84. The van der Waals surface area contributed by atoms with Crippen molar-refractivity contribution in [2.45, 2.75) is 32.2 Å². The van der Waals surface area contributed by atoms with E-state index in [-0.39, 0.29) is 11.8 Å². The molecule has 1 aliphatic heterocycles. The minimum atomic E-state index is -0.902. The van der Waals surface area contributed by atoms with Crippen molar-refractivity contribution in [3.63, 3.8) is 0 Å². The third-order valence-electron chi connectivity index (χ3n) is 2.78. The van der Waals surface area contributed by atoms with Crippen molar-refractivity contribution >= 4 is 11.9 Å². The third-order valence-corrected chi connectivity index (χ3v) is 2.78. The molecule has 5 nitrogen and oxygen atoms in total. The van der Waals surface area contributed by atoms with Crippen molar-refractivity contribution in [2.75, 3.05) is 13.1 Å². The lowest BCUT2D eigenvalue weighted by Crippen LogP contribution is -2.41. The highest BCUT2D eigenvalue weighted by Gasteiger charge is 2.33. The minimum absolute atomic E-state index is 0.0853. The van der Waals surface area contributed by atoms with E-state index in [1.54, 1.807) is 0 Å². The van der Waals surface area contributed by atoms with Gasteiger partial charge in [0.05, 0.1) is 0 Å². The molecule has 1 heterocycles. The van der Waals surface area contributed by atoms with Gasteiger partial charge in [0, 0.05) is 13.0 Å². The molecule has 0 spiro atoms. The highest BCUT2D eigenvalue weighted by atomic mass is 16.4. The summed E-state index contributed by atoms with van der Waals surface area (Å²) in [5, 5.41) is 8.91. The molecule has 1 unspecified atom stereocenters. The van der Waals surface area contributed by atoms with Crippen LogP contribution in [0.25, 0.3) is 0 Å². The molecule has 0 aliphatic carbocycles. The smallest absolute Gasteiger partial charge is 0.326 e. The van der Waals surface area contributed by atoms with Crippen LogP contribution in [0.2, 0.25) is 0 Å². The Morgan fingerprint density at radius 3 is 2.80 bits per heavy atom. The van der Waals surface area contributed by atoms with Gasteiger partial charge in [-0.3, -0.25) is 4.79 Å². The van der Waals surface area contributed by atoms with Crippen LogP contribution in [-0.4, -0.2) is 41.0 Å². The molecule has 0 radical (unpaired) electrons. The molecule has 0 bridgehead atoms. The molecule has 0 saturated carbocycles. The molecule has 5 heteroatoms. The summed E-state index contributed by atoms with van der Waals surface area (Å²) in [6.45, 7) is 2.91. The first kappa shape index (κ1) is 12.0. The van der Waals surface area contributed by atoms with E-state index in [2.05, 4.69) is 0 Å². The number of rotatable bonds is 4. The normalized spacial score (nSPS) is 22.8. The summed E-state index contributed by atoms with van der Waals surface area (Å²) in [7, 11) is 0. The molecule has 1 rings (SSSR count). The summed E-state index contributed by atoms with van der Waals surface area (Å²) < 4.78 is 0. The molecule has 1 saturated heterocycles. The van der Waals surface area contributed by atoms with Crippen molar-refractivity contribution in [2.24, 2.45) is 11.7 Å². The fraction of sp³-hybridized carbons (Fsp3) is 0.800. The van der Waals surface area contributed by atoms with Crippen LogP contribution in [0.4, 0.5) is 0 Å². The van der Waals surface area contributed by atoms with Crippen LogP contribution in [0.1, 0.15) is 26.2 Å². The minimum Gasteiger partial charge on any atom is -0.480 e. The lowest BCUT2D eigenvalue weighted by atomic mass is 10.1. The average Bonchev–Trinajstić information content (AvgIpc) is 2.65. The van der Waals surface area contributed by atoms with Crippen molar-refractivity contribution in [1.82, 2.24) is 4.90 Å². The first-order valence-corrected chi connectivity index (χ1v) is 5.28. The zero-order chi connectivity index (χ0) is 11.4. The van der Waals surface area contributed by atoms with Gasteiger partial charge in [0.2, 0.25) is 5.91 Å². The number of nitrogens with two attached hydrogens (primary N) is 1. The topological polar surface area (TPSA) is 83.6 Å². The standard InChI is InChI=1S/C10H18N2O3/c1-7(6-11)5-9(13)12-4-2-3-8(12)10(14)15/h7-8H,2-6,11H2,1H3,(H,14,15)/t7?,8-/m0/s1. The van der Waals surface area contributed by atoms with Gasteiger partial charge in [-0.25, -0.2) is 4.79 Å². The predicted molar refractivity (Wildman–Crippen MR) is 55.2 cm³/mol. The fourth-order valence-electron chi connectivity index (χ4n) is 1.82. The van der Waals surface area contributed by atoms with Crippen LogP contribution in [-0.2, 0) is 9.59 Å². The Morgan fingerprint density at radius 2 is 2.27 bits per heavy atom. The van der Waals surface area contributed by atoms with Gasteiger partial charge in [0.15, 0.2) is 0 Å². The molecule has 86 valence electrons. The molecule has 1 fully saturated rings. The molecule has 0 aromatic carbocycles. The van der Waals surface area contributed by atoms with E-state index >= 15 is 0 Å². The third kappa shape index (κ3) is 2.92. The molecular weight excluding hydrogens is 196 g/mol. The molecule has 0 aromatic heterocycles. The van der Waals surface area contributed by atoms with Crippen LogP contribution in [0.15, 0.2) is 0 Å². The second-order valence-corrected chi connectivity index (χ2v) is 4.13. The van der Waals surface area contributed by atoms with Gasteiger partial charge < -0.3 is 15.7 Å². The summed E-state index contributed by atoms with van der Waals surface area (Å²) in [5.74, 6) is -0.869. The number of carboxylic acid groups (broad SMARTS) is 1. The van der Waals surface area contributed by atoms with Crippen LogP contribution in [0.5, 0.6) is 0 Å². The number of hydrogen-bond acceptors (Lipinski definition) is 3. The number of carboxylic acids is 1. The zero-order valence-corrected chi connectivity index (χ0v) is 8.98. The Kier molecular flexibility index (Phi) is 4.08. The van der Waals surface area contributed by atoms with Crippen LogP contribution in [0, 0.1) is 5.92 Å². The molecule has 0 aromatic rings. The number of aliphatic carboxylic acids is 1. The van der Waals surface area contributed by atoms with Crippen molar-refractivity contribution in [3.8, 4) is 0 Å². The maximum Gasteiger partial charge on any atom is 0.326 e. The maximum absolute atomic E-state index is 11.7. The van der Waals surface area contributed by atoms with Gasteiger partial charge in [-0.2, -0.15) is 0 Å². The Hall–Kier alpha value is -1.10. The van der Waals surface area contributed by atoms with Gasteiger partial charge in [-0.15, -0.1) is 0 Å². The van der Waals surface area contributed by atoms with Gasteiger partial charge in [0.25, 0.3) is 0 Å². The second kappa shape index (κ2) is 5.11. The Morgan fingerprint density at radius 1 is 1.60 bits per heavy atom. The van der Waals surface area contributed by atoms with Crippen molar-refractivity contribution in [1.29, 1.82) is 0 Å². The molecule has 3 N–H and O–H groups in total. The number of nitrogens with zero attached hydrogens (tertiary/aromatic N) is 1. The van der Waals surface area contributed by atoms with Gasteiger partial charge in [-0.05, 0) is 25.3 Å². The van der Waals surface area contributed by atoms with Crippen molar-refractivity contribution < 1.29 is 14.7 Å². The van der Waals surface area contributed by atoms with Gasteiger partial charge in [0.1, 0.15) is 6.04 Å². The van der Waals surface area contributed by atoms with Gasteiger partial charge in [-0.1, -0.05) is 6.92 Å². The lowest BCUT2D eigenvalue weighted by molar-refractivity contribution is -0.148. The van der Waals surface area contributed by atoms with E-state index in [9.17, 15) is 9.59 Å². The second-order valence-electron chi connectivity index (χ2n) is 4.13. The first-order valence-electron chi connectivity index (χ1n) is 5.28. The molecule has 1 aliphatic rings. The summed E-state index contributed by atoms with van der Waals surface area (Å²) in [6, 6.07) is -0.623. The largest absolute Gasteiger partial charge is 0.480 e. The molecule has 2 atom stereocenters. The van der Waals surface area contributed by atoms with E-state index in [0.717, 1.165) is 6.42 Å². The van der Waals surface area contributed by atoms with Crippen LogP contribution < -0.4 is 5.73 Å². The first-order chi connectivity index (χ1) is 7.06. The SMILES string of the molecule is CC(CN)CC(=O)N1CCC[C@H]1C(=O)O. The van der Waals surface area contributed by atoms with E-state index in [4.69, 9.17) is 10.8 Å². The fourth-order valence-corrected chi connectivity index (χ4v) is 1.82. The molecular formula is C10H18N2O3. The Bertz CT molecular complexity index is 255. The van der Waals surface area contributed by atoms with Crippen LogP contribution >= 0.6 is 0 Å². The number of likely N-dealkylation sites (tertiary alicyclic amines) is 1. The summed E-state index contributed by atoms with van der Waals surface area (Å²) in [5.41, 5.74) is 5.43. The maximum atomic E-state index is 11.7.